The summed E-state index contributed by atoms with van der Waals surface area (Å²) < 4.78 is 5.13. The maximum absolute atomic E-state index is 12.0. The topological polar surface area (TPSA) is 68.3 Å². The van der Waals surface area contributed by atoms with E-state index in [2.05, 4.69) is 19.2 Å². The number of hydrogen-bond donors (Lipinski definition) is 2. The minimum absolute atomic E-state index is 0.0653. The van der Waals surface area contributed by atoms with E-state index in [1.165, 1.54) is 6.26 Å². The third-order valence-electron chi connectivity index (χ3n) is 3.43. The van der Waals surface area contributed by atoms with Gasteiger partial charge in [-0.25, -0.2) is 0 Å². The Kier molecular flexibility index (Phi) is 3.95. The smallest absolute Gasteiger partial charge is 0.258 e. The van der Waals surface area contributed by atoms with Crippen LogP contribution in [0.4, 0.5) is 5.69 Å². The van der Waals surface area contributed by atoms with Crippen molar-refractivity contribution in [1.82, 2.24) is 0 Å². The summed E-state index contributed by atoms with van der Waals surface area (Å²) in [5, 5.41) is 2.84. The van der Waals surface area contributed by atoms with Gasteiger partial charge in [0.1, 0.15) is 12.0 Å². The third-order valence-corrected chi connectivity index (χ3v) is 3.43. The van der Waals surface area contributed by atoms with Gasteiger partial charge < -0.3 is 15.5 Å². The number of carbonyl (C=O) groups excluding carboxylic acids is 1. The van der Waals surface area contributed by atoms with Crippen LogP contribution in [0.25, 0.3) is 0 Å². The normalized spacial score (nSPS) is 11.4. The number of rotatable bonds is 4. The van der Waals surface area contributed by atoms with E-state index in [4.69, 9.17) is 10.2 Å². The van der Waals surface area contributed by atoms with Crippen LogP contribution in [0, 0.1) is 6.92 Å². The second-order valence-electron chi connectivity index (χ2n) is 5.57. The summed E-state index contributed by atoms with van der Waals surface area (Å²) in [6, 6.07) is 9.46. The molecule has 0 aliphatic carbocycles. The molecule has 2 rings (SSSR count). The molecule has 0 atom stereocenters. The Morgan fingerprint density at radius 1 is 1.30 bits per heavy atom. The molecule has 20 heavy (non-hydrogen) atoms. The average Bonchev–Trinajstić information content (AvgIpc) is 2.86. The van der Waals surface area contributed by atoms with Crippen molar-refractivity contribution in [3.8, 4) is 0 Å². The fraction of sp³-hybridized carbons (Fsp3) is 0.312. The Morgan fingerprint density at radius 2 is 1.95 bits per heavy atom. The molecule has 1 aromatic carbocycles. The minimum Gasteiger partial charge on any atom is -0.469 e. The number of hydrogen-bond acceptors (Lipinski definition) is 3. The van der Waals surface area contributed by atoms with Crippen LogP contribution >= 0.6 is 0 Å². The van der Waals surface area contributed by atoms with Crippen molar-refractivity contribution >= 4 is 11.6 Å². The van der Waals surface area contributed by atoms with Gasteiger partial charge in [-0.1, -0.05) is 26.0 Å². The van der Waals surface area contributed by atoms with Crippen LogP contribution in [0.3, 0.4) is 0 Å². The highest BCUT2D eigenvalue weighted by molar-refractivity contribution is 6.04. The number of nitrogens with one attached hydrogen (secondary N) is 1. The molecule has 0 saturated heterocycles. The van der Waals surface area contributed by atoms with Crippen molar-refractivity contribution in [2.75, 3.05) is 11.9 Å². The maximum atomic E-state index is 12.0. The first kappa shape index (κ1) is 14.3. The summed E-state index contributed by atoms with van der Waals surface area (Å²) in [7, 11) is 0. The molecule has 0 aliphatic rings. The van der Waals surface area contributed by atoms with Crippen LogP contribution in [-0.4, -0.2) is 12.5 Å². The Balaban J connectivity index is 2.10. The zero-order valence-corrected chi connectivity index (χ0v) is 12.1. The predicted molar refractivity (Wildman–Crippen MR) is 79.9 cm³/mol. The molecule has 0 aliphatic heterocycles. The predicted octanol–water partition coefficient (Wildman–Crippen LogP) is 3.08. The van der Waals surface area contributed by atoms with Gasteiger partial charge in [-0.05, 0) is 30.7 Å². The first-order valence-electron chi connectivity index (χ1n) is 6.59. The van der Waals surface area contributed by atoms with Crippen molar-refractivity contribution in [3.63, 3.8) is 0 Å². The summed E-state index contributed by atoms with van der Waals surface area (Å²) in [5.74, 6) is 0.544. The SMILES string of the molecule is Cc1cc(C(=O)Nc2ccc(C(C)(C)CN)cc2)co1. The third kappa shape index (κ3) is 3.08. The summed E-state index contributed by atoms with van der Waals surface area (Å²) >= 11 is 0. The number of benzene rings is 1. The number of amides is 1. The van der Waals surface area contributed by atoms with Gasteiger partial charge in [-0.3, -0.25) is 4.79 Å². The zero-order valence-electron chi connectivity index (χ0n) is 12.1. The Labute approximate surface area is 119 Å². The largest absolute Gasteiger partial charge is 0.469 e. The van der Waals surface area contributed by atoms with Crippen molar-refractivity contribution < 1.29 is 9.21 Å². The van der Waals surface area contributed by atoms with E-state index in [1.54, 1.807) is 13.0 Å². The number of nitrogens with two attached hydrogens (primary N) is 1. The monoisotopic (exact) mass is 272 g/mol. The zero-order chi connectivity index (χ0) is 14.8. The Bertz CT molecular complexity index is 597. The van der Waals surface area contributed by atoms with Crippen molar-refractivity contribution in [2.45, 2.75) is 26.2 Å². The van der Waals surface area contributed by atoms with Gasteiger partial charge in [-0.15, -0.1) is 0 Å². The summed E-state index contributed by atoms with van der Waals surface area (Å²) in [6.45, 7) is 6.57. The molecule has 106 valence electrons. The van der Waals surface area contributed by atoms with Crippen molar-refractivity contribution in [3.05, 3.63) is 53.5 Å². The fourth-order valence-corrected chi connectivity index (χ4v) is 1.89. The van der Waals surface area contributed by atoms with Gasteiger partial charge in [-0.2, -0.15) is 0 Å². The lowest BCUT2D eigenvalue weighted by Crippen LogP contribution is -2.27. The quantitative estimate of drug-likeness (QED) is 0.898. The van der Waals surface area contributed by atoms with Gasteiger partial charge in [0.2, 0.25) is 0 Å². The summed E-state index contributed by atoms with van der Waals surface area (Å²) in [5.41, 5.74) is 8.12. The van der Waals surface area contributed by atoms with Crippen LogP contribution in [0.15, 0.2) is 41.0 Å². The summed E-state index contributed by atoms with van der Waals surface area (Å²) in [4.78, 5) is 12.0. The molecule has 3 N–H and O–H groups in total. The average molecular weight is 272 g/mol. The van der Waals surface area contributed by atoms with Crippen LogP contribution < -0.4 is 11.1 Å². The molecule has 2 aromatic rings. The molecule has 1 aromatic heterocycles. The number of anilines is 1. The van der Waals surface area contributed by atoms with Gasteiger partial charge in [0.25, 0.3) is 5.91 Å². The van der Waals surface area contributed by atoms with Crippen LogP contribution in [-0.2, 0) is 5.41 Å². The standard InChI is InChI=1S/C16H20N2O2/c1-11-8-12(9-20-11)15(19)18-14-6-4-13(5-7-14)16(2,3)10-17/h4-9H,10,17H2,1-3H3,(H,18,19). The lowest BCUT2D eigenvalue weighted by molar-refractivity contribution is 0.102. The molecule has 0 saturated carbocycles. The van der Waals surface area contributed by atoms with E-state index in [0.717, 1.165) is 17.0 Å². The molecular weight excluding hydrogens is 252 g/mol. The molecule has 0 spiro atoms. The van der Waals surface area contributed by atoms with Crippen molar-refractivity contribution in [2.24, 2.45) is 5.73 Å². The molecule has 0 fully saturated rings. The molecule has 1 amide bonds. The van der Waals surface area contributed by atoms with Gasteiger partial charge in [0.05, 0.1) is 5.56 Å². The van der Waals surface area contributed by atoms with E-state index < -0.39 is 0 Å². The molecule has 4 heteroatoms. The van der Waals surface area contributed by atoms with Crippen LogP contribution in [0.2, 0.25) is 0 Å². The van der Waals surface area contributed by atoms with Crippen LogP contribution in [0.1, 0.15) is 35.5 Å². The van der Waals surface area contributed by atoms with E-state index in [1.807, 2.05) is 24.3 Å². The van der Waals surface area contributed by atoms with E-state index >= 15 is 0 Å². The Morgan fingerprint density at radius 3 is 2.45 bits per heavy atom. The molecule has 0 bridgehead atoms. The molecule has 4 nitrogen and oxygen atoms in total. The van der Waals surface area contributed by atoms with Gasteiger partial charge in [0.15, 0.2) is 0 Å². The lowest BCUT2D eigenvalue weighted by atomic mass is 9.85. The van der Waals surface area contributed by atoms with E-state index in [-0.39, 0.29) is 11.3 Å². The summed E-state index contributed by atoms with van der Waals surface area (Å²) in [6.07, 6.45) is 1.45. The highest BCUT2D eigenvalue weighted by Crippen LogP contribution is 2.23. The van der Waals surface area contributed by atoms with Gasteiger partial charge in [0, 0.05) is 17.6 Å². The molecule has 1 heterocycles. The second kappa shape index (κ2) is 5.51. The molecule has 0 unspecified atom stereocenters. The molecule has 0 radical (unpaired) electrons. The maximum Gasteiger partial charge on any atom is 0.258 e. The second-order valence-corrected chi connectivity index (χ2v) is 5.57. The minimum atomic E-state index is -0.173. The highest BCUT2D eigenvalue weighted by Gasteiger charge is 2.18. The number of carbonyl (C=O) groups is 1. The van der Waals surface area contributed by atoms with Crippen molar-refractivity contribution in [1.29, 1.82) is 0 Å². The first-order valence-corrected chi connectivity index (χ1v) is 6.59. The van der Waals surface area contributed by atoms with E-state index in [9.17, 15) is 4.79 Å². The lowest BCUT2D eigenvalue weighted by Gasteiger charge is -2.23. The highest BCUT2D eigenvalue weighted by atomic mass is 16.3. The fourth-order valence-electron chi connectivity index (χ4n) is 1.89. The Hall–Kier alpha value is -2.07. The number of aryl methyl sites for hydroxylation is 1. The number of furan rings is 1. The van der Waals surface area contributed by atoms with E-state index in [0.29, 0.717) is 12.1 Å². The van der Waals surface area contributed by atoms with Crippen LogP contribution in [0.5, 0.6) is 0 Å². The first-order chi connectivity index (χ1) is 9.42. The molecular formula is C16H20N2O2. The van der Waals surface area contributed by atoms with Gasteiger partial charge >= 0.3 is 0 Å².